The molecule has 0 aliphatic rings. The number of aryl methyl sites for hydroxylation is 1. The van der Waals surface area contributed by atoms with Gasteiger partial charge in [-0.1, -0.05) is 56.6 Å². The van der Waals surface area contributed by atoms with Gasteiger partial charge in [-0.3, -0.25) is 4.79 Å². The van der Waals surface area contributed by atoms with Gasteiger partial charge in [0.15, 0.2) is 0 Å². The monoisotopic (exact) mass is 434 g/mol. The Morgan fingerprint density at radius 3 is 2.33 bits per heavy atom. The number of oxime groups is 2. The van der Waals surface area contributed by atoms with E-state index in [0.717, 1.165) is 38.1 Å². The first kappa shape index (κ1) is 22.4. The summed E-state index contributed by atoms with van der Waals surface area (Å²) in [6, 6.07) is 14.0. The van der Waals surface area contributed by atoms with E-state index in [1.54, 1.807) is 7.11 Å². The minimum Gasteiger partial charge on any atom is -0.483 e. The lowest BCUT2D eigenvalue weighted by Gasteiger charge is -2.11. The first-order chi connectivity index (χ1) is 12.9. The zero-order valence-corrected chi connectivity index (χ0v) is 17.4. The van der Waals surface area contributed by atoms with Gasteiger partial charge < -0.3 is 14.8 Å². The van der Waals surface area contributed by atoms with E-state index in [1.165, 1.54) is 0 Å². The third-order valence-electron chi connectivity index (χ3n) is 3.70. The number of carboxylic acid groups (broad SMARTS) is 1. The Kier molecular flexibility index (Phi) is 9.82. The molecule has 0 saturated carbocycles. The number of hydrogen-bond donors (Lipinski definition) is 1. The van der Waals surface area contributed by atoms with Crippen molar-refractivity contribution in [2.75, 3.05) is 7.11 Å². The van der Waals surface area contributed by atoms with Crippen molar-refractivity contribution in [3.8, 4) is 0 Å². The Hall–Kier alpha value is -2.67. The maximum absolute atomic E-state index is 8.36. The highest BCUT2D eigenvalue weighted by atomic mass is 79.9. The molecule has 0 heterocycles. The van der Waals surface area contributed by atoms with E-state index in [-0.39, 0.29) is 6.47 Å². The number of nitrogens with zero attached hydrogens (tertiary/aromatic N) is 2. The Morgan fingerprint density at radius 2 is 1.74 bits per heavy atom. The number of halogens is 1. The van der Waals surface area contributed by atoms with Crippen molar-refractivity contribution in [1.82, 2.24) is 0 Å². The lowest BCUT2D eigenvalue weighted by molar-refractivity contribution is -0.122. The van der Waals surface area contributed by atoms with Crippen LogP contribution in [0.2, 0.25) is 0 Å². The van der Waals surface area contributed by atoms with Gasteiger partial charge in [-0.2, -0.15) is 0 Å². The van der Waals surface area contributed by atoms with Gasteiger partial charge >= 0.3 is 0 Å². The van der Waals surface area contributed by atoms with Gasteiger partial charge in [-0.05, 0) is 44.0 Å². The molecular weight excluding hydrogens is 412 g/mol. The molecule has 27 heavy (non-hydrogen) atoms. The quantitative estimate of drug-likeness (QED) is 0.403. The highest BCUT2D eigenvalue weighted by molar-refractivity contribution is 9.10. The van der Waals surface area contributed by atoms with Gasteiger partial charge in [0.2, 0.25) is 0 Å². The van der Waals surface area contributed by atoms with Crippen molar-refractivity contribution in [3.05, 3.63) is 69.2 Å². The molecule has 1 N–H and O–H groups in total. The molecule has 0 unspecified atom stereocenters. The summed E-state index contributed by atoms with van der Waals surface area (Å²) < 4.78 is 1.04. The van der Waals surface area contributed by atoms with E-state index in [0.29, 0.717) is 6.61 Å². The largest absolute Gasteiger partial charge is 0.483 e. The van der Waals surface area contributed by atoms with Crippen LogP contribution >= 0.6 is 15.9 Å². The number of rotatable bonds is 6. The van der Waals surface area contributed by atoms with Crippen LogP contribution in [0.5, 0.6) is 0 Å². The lowest BCUT2D eigenvalue weighted by Crippen LogP contribution is -2.05. The van der Waals surface area contributed by atoms with Crippen LogP contribution in [0.25, 0.3) is 0 Å². The van der Waals surface area contributed by atoms with Crippen molar-refractivity contribution in [2.24, 2.45) is 10.3 Å². The Balaban J connectivity index is 0.00000114. The number of carbonyl (C=O) groups is 1. The van der Waals surface area contributed by atoms with Crippen molar-refractivity contribution in [1.29, 1.82) is 0 Å². The second kappa shape index (κ2) is 11.9. The molecular formula is C20H23BrN2O4. The van der Waals surface area contributed by atoms with Gasteiger partial charge in [0.1, 0.15) is 13.7 Å². The second-order valence-electron chi connectivity index (χ2n) is 5.52. The number of hydrogen-bond acceptors (Lipinski definition) is 5. The van der Waals surface area contributed by atoms with E-state index in [4.69, 9.17) is 19.6 Å². The molecule has 0 amide bonds. The molecule has 2 aromatic carbocycles. The van der Waals surface area contributed by atoms with Crippen molar-refractivity contribution in [2.45, 2.75) is 27.4 Å². The maximum Gasteiger partial charge on any atom is 0.290 e. The van der Waals surface area contributed by atoms with Gasteiger partial charge in [0.25, 0.3) is 6.47 Å². The number of benzene rings is 2. The highest BCUT2D eigenvalue weighted by Gasteiger charge is 2.09. The maximum atomic E-state index is 8.36. The summed E-state index contributed by atoms with van der Waals surface area (Å²) in [6.07, 6.45) is 0. The van der Waals surface area contributed by atoms with Crippen LogP contribution in [0, 0.1) is 6.92 Å². The molecule has 2 rings (SSSR count). The molecule has 0 fully saturated rings. The minimum atomic E-state index is -0.250. The van der Waals surface area contributed by atoms with Gasteiger partial charge in [0, 0.05) is 15.6 Å². The highest BCUT2D eigenvalue weighted by Crippen LogP contribution is 2.17. The Bertz CT molecular complexity index is 802. The van der Waals surface area contributed by atoms with Gasteiger partial charge in [0.05, 0.1) is 11.4 Å². The molecule has 0 spiro atoms. The predicted octanol–water partition coefficient (Wildman–Crippen LogP) is 4.77. The van der Waals surface area contributed by atoms with E-state index in [1.807, 2.05) is 63.2 Å². The summed E-state index contributed by atoms with van der Waals surface area (Å²) in [7, 11) is 1.54. The van der Waals surface area contributed by atoms with Crippen LogP contribution in [0.3, 0.4) is 0 Å². The topological polar surface area (TPSA) is 80.5 Å². The average Bonchev–Trinajstić information content (AvgIpc) is 2.64. The van der Waals surface area contributed by atoms with Crippen LogP contribution in [-0.2, 0) is 21.1 Å². The smallest absolute Gasteiger partial charge is 0.290 e. The molecule has 7 heteroatoms. The molecule has 0 aliphatic heterocycles. The summed E-state index contributed by atoms with van der Waals surface area (Å²) in [5, 5.41) is 15.1. The first-order valence-corrected chi connectivity index (χ1v) is 8.90. The summed E-state index contributed by atoms with van der Waals surface area (Å²) >= 11 is 3.43. The molecule has 0 bridgehead atoms. The first-order valence-electron chi connectivity index (χ1n) is 8.11. The molecule has 0 aliphatic carbocycles. The van der Waals surface area contributed by atoms with Crippen LogP contribution in [0.1, 0.15) is 36.1 Å². The summed E-state index contributed by atoms with van der Waals surface area (Å²) in [4.78, 5) is 18.8. The van der Waals surface area contributed by atoms with Crippen molar-refractivity contribution >= 4 is 33.8 Å². The molecule has 144 valence electrons. The van der Waals surface area contributed by atoms with Crippen molar-refractivity contribution < 1.29 is 19.6 Å². The van der Waals surface area contributed by atoms with E-state index < -0.39 is 0 Å². The zero-order chi connectivity index (χ0) is 20.2. The second-order valence-corrected chi connectivity index (χ2v) is 6.44. The summed E-state index contributed by atoms with van der Waals surface area (Å²) in [6.45, 7) is 6.03. The van der Waals surface area contributed by atoms with Gasteiger partial charge in [-0.25, -0.2) is 0 Å². The third-order valence-corrected chi connectivity index (χ3v) is 4.23. The standard InChI is InChI=1S/C19H21BrN2O2.CH2O2/c1-13-6-5-7-18(15(3)21-23-4)19(13)12-24-22-14(2)16-8-10-17(20)11-9-16;2-1-3/h5-11H,12H2,1-4H3;1H,(H,2,3)/b21-15-,22-14+;. The molecule has 6 nitrogen and oxygen atoms in total. The lowest BCUT2D eigenvalue weighted by atomic mass is 10.00. The Morgan fingerprint density at radius 1 is 1.11 bits per heavy atom. The van der Waals surface area contributed by atoms with E-state index in [9.17, 15) is 0 Å². The van der Waals surface area contributed by atoms with E-state index in [2.05, 4.69) is 26.2 Å². The normalized spacial score (nSPS) is 11.3. The minimum absolute atomic E-state index is 0.250. The van der Waals surface area contributed by atoms with Crippen molar-refractivity contribution in [3.63, 3.8) is 0 Å². The SMILES string of the molecule is CO/N=C(/C)c1cccc(C)c1CO/N=C(\C)c1ccc(Br)cc1.O=CO. The summed E-state index contributed by atoms with van der Waals surface area (Å²) in [5.41, 5.74) is 5.87. The van der Waals surface area contributed by atoms with Crippen LogP contribution in [0.15, 0.2) is 57.2 Å². The molecule has 0 radical (unpaired) electrons. The predicted molar refractivity (Wildman–Crippen MR) is 110 cm³/mol. The average molecular weight is 435 g/mol. The van der Waals surface area contributed by atoms with Crippen LogP contribution < -0.4 is 0 Å². The molecule has 2 aromatic rings. The van der Waals surface area contributed by atoms with Gasteiger partial charge in [-0.15, -0.1) is 0 Å². The fourth-order valence-corrected chi connectivity index (χ4v) is 2.62. The molecule has 0 aromatic heterocycles. The fourth-order valence-electron chi connectivity index (χ4n) is 2.36. The van der Waals surface area contributed by atoms with Crippen LogP contribution in [0.4, 0.5) is 0 Å². The molecule has 0 atom stereocenters. The fraction of sp³-hybridized carbons (Fsp3) is 0.250. The Labute approximate surface area is 167 Å². The summed E-state index contributed by atoms with van der Waals surface area (Å²) in [5.74, 6) is 0. The van der Waals surface area contributed by atoms with Crippen LogP contribution in [-0.4, -0.2) is 30.1 Å². The zero-order valence-electron chi connectivity index (χ0n) is 15.8. The third kappa shape index (κ3) is 7.22. The van der Waals surface area contributed by atoms with E-state index >= 15 is 0 Å². The molecule has 0 saturated heterocycles.